The molecule has 1 N–H and O–H groups in total. The summed E-state index contributed by atoms with van der Waals surface area (Å²) in [7, 11) is 0. The summed E-state index contributed by atoms with van der Waals surface area (Å²) in [6.07, 6.45) is 2.59. The van der Waals surface area contributed by atoms with Crippen molar-refractivity contribution in [1.82, 2.24) is 5.32 Å². The first-order chi connectivity index (χ1) is 6.43. The van der Waals surface area contributed by atoms with Gasteiger partial charge < -0.3 is 0 Å². The molecule has 0 aliphatic carbocycles. The zero-order chi connectivity index (χ0) is 9.36. The van der Waals surface area contributed by atoms with Gasteiger partial charge >= 0.3 is 88.5 Å². The van der Waals surface area contributed by atoms with Crippen LogP contribution in [0.2, 0.25) is 5.32 Å². The number of benzene rings is 1. The molecule has 0 fully saturated rings. The van der Waals surface area contributed by atoms with Crippen molar-refractivity contribution in [3.63, 3.8) is 0 Å². The van der Waals surface area contributed by atoms with E-state index in [0.717, 1.165) is 13.1 Å². The van der Waals surface area contributed by atoms with Gasteiger partial charge in [0, 0.05) is 0 Å². The third-order valence-corrected chi connectivity index (χ3v) is 2.60. The second kappa shape index (κ2) is 7.14. The van der Waals surface area contributed by atoms with Gasteiger partial charge in [0.25, 0.3) is 0 Å². The fourth-order valence-electron chi connectivity index (χ4n) is 1.19. The molecule has 2 heteroatoms. The van der Waals surface area contributed by atoms with Crippen molar-refractivity contribution in [2.75, 3.05) is 6.54 Å². The van der Waals surface area contributed by atoms with Crippen molar-refractivity contribution in [2.45, 2.75) is 24.7 Å². The first kappa shape index (κ1) is 10.8. The molecular formula is C11H17NSe. The maximum atomic E-state index is 3.43. The fraction of sp³-hybridized carbons (Fsp3) is 0.455. The Balaban J connectivity index is 2.07. The summed E-state index contributed by atoms with van der Waals surface area (Å²) in [5.74, 6) is 0. The van der Waals surface area contributed by atoms with Gasteiger partial charge in [-0.3, -0.25) is 0 Å². The molecule has 0 bridgehead atoms. The van der Waals surface area contributed by atoms with Crippen LogP contribution >= 0.6 is 0 Å². The van der Waals surface area contributed by atoms with E-state index < -0.39 is 0 Å². The van der Waals surface area contributed by atoms with Gasteiger partial charge in [-0.2, -0.15) is 0 Å². The maximum absolute atomic E-state index is 3.43. The molecular weight excluding hydrogens is 225 g/mol. The first-order valence-corrected chi connectivity index (χ1v) is 6.11. The standard InChI is InChI=1S/C11H17NSe/c13-9-5-4-8-12-10-11-6-2-1-3-7-11/h1-3,6-7,12-13H,4-5,8-10H2. The molecule has 13 heavy (non-hydrogen) atoms. The molecule has 1 aromatic rings. The fourth-order valence-corrected chi connectivity index (χ4v) is 1.66. The van der Waals surface area contributed by atoms with E-state index in [-0.39, 0.29) is 0 Å². The molecule has 0 radical (unpaired) electrons. The van der Waals surface area contributed by atoms with Crippen LogP contribution < -0.4 is 5.32 Å². The van der Waals surface area contributed by atoms with Crippen LogP contribution in [0.25, 0.3) is 0 Å². The summed E-state index contributed by atoms with van der Waals surface area (Å²) in [5.41, 5.74) is 1.37. The van der Waals surface area contributed by atoms with Crippen LogP contribution in [-0.2, 0) is 6.54 Å². The number of unbranched alkanes of at least 4 members (excludes halogenated alkanes) is 1. The van der Waals surface area contributed by atoms with Crippen molar-refractivity contribution >= 4 is 16.0 Å². The Kier molecular flexibility index (Phi) is 5.92. The average Bonchev–Trinajstić information content (AvgIpc) is 2.19. The second-order valence-corrected chi connectivity index (χ2v) is 4.03. The summed E-state index contributed by atoms with van der Waals surface area (Å²) >= 11 is 2.63. The third kappa shape index (κ3) is 5.09. The summed E-state index contributed by atoms with van der Waals surface area (Å²) in [5, 5.41) is 4.67. The zero-order valence-electron chi connectivity index (χ0n) is 7.87. The van der Waals surface area contributed by atoms with Crippen molar-refractivity contribution in [2.24, 2.45) is 0 Å². The van der Waals surface area contributed by atoms with E-state index in [1.807, 2.05) is 0 Å². The Morgan fingerprint density at radius 2 is 1.85 bits per heavy atom. The molecule has 0 heterocycles. The Hall–Kier alpha value is -0.301. The van der Waals surface area contributed by atoms with Crippen molar-refractivity contribution in [3.8, 4) is 0 Å². The quantitative estimate of drug-likeness (QED) is 0.593. The summed E-state index contributed by atoms with van der Waals surface area (Å²) in [6.45, 7) is 2.13. The minimum absolute atomic E-state index is 0.999. The van der Waals surface area contributed by atoms with Gasteiger partial charge in [-0.15, -0.1) is 0 Å². The molecule has 0 amide bonds. The molecule has 0 aliphatic rings. The van der Waals surface area contributed by atoms with Gasteiger partial charge in [-0.1, -0.05) is 0 Å². The van der Waals surface area contributed by atoms with Gasteiger partial charge in [0.1, 0.15) is 0 Å². The van der Waals surface area contributed by atoms with Gasteiger partial charge in [0.05, 0.1) is 0 Å². The van der Waals surface area contributed by atoms with Crippen LogP contribution in [0.5, 0.6) is 0 Å². The molecule has 1 nitrogen and oxygen atoms in total. The van der Waals surface area contributed by atoms with Crippen LogP contribution in [0, 0.1) is 0 Å². The topological polar surface area (TPSA) is 12.0 Å². The molecule has 1 rings (SSSR count). The molecule has 0 aromatic heterocycles. The van der Waals surface area contributed by atoms with Crippen molar-refractivity contribution in [1.29, 1.82) is 0 Å². The number of hydrogen-bond donors (Lipinski definition) is 1. The van der Waals surface area contributed by atoms with Gasteiger partial charge in [-0.05, 0) is 0 Å². The zero-order valence-corrected chi connectivity index (χ0v) is 9.75. The van der Waals surface area contributed by atoms with E-state index in [0.29, 0.717) is 0 Å². The monoisotopic (exact) mass is 243 g/mol. The molecule has 0 aliphatic heterocycles. The van der Waals surface area contributed by atoms with Gasteiger partial charge in [0.2, 0.25) is 0 Å². The van der Waals surface area contributed by atoms with Crippen LogP contribution in [0.15, 0.2) is 30.3 Å². The molecule has 1 aromatic carbocycles. The van der Waals surface area contributed by atoms with Crippen LogP contribution in [0.3, 0.4) is 0 Å². The van der Waals surface area contributed by atoms with Gasteiger partial charge in [-0.25, -0.2) is 0 Å². The molecule has 0 atom stereocenters. The number of rotatable bonds is 6. The van der Waals surface area contributed by atoms with E-state index in [1.54, 1.807) is 0 Å². The predicted octanol–water partition coefficient (Wildman–Crippen LogP) is 1.88. The molecule has 72 valence electrons. The van der Waals surface area contributed by atoms with E-state index in [2.05, 4.69) is 51.7 Å². The van der Waals surface area contributed by atoms with E-state index >= 15 is 0 Å². The Morgan fingerprint density at radius 1 is 1.08 bits per heavy atom. The molecule has 0 spiro atoms. The number of hydrogen-bond acceptors (Lipinski definition) is 1. The Labute approximate surface area is 88.7 Å². The summed E-state index contributed by atoms with van der Waals surface area (Å²) < 4.78 is 0. The first-order valence-electron chi connectivity index (χ1n) is 4.79. The van der Waals surface area contributed by atoms with E-state index in [9.17, 15) is 0 Å². The van der Waals surface area contributed by atoms with Gasteiger partial charge in [0.15, 0.2) is 0 Å². The van der Waals surface area contributed by atoms with Crippen LogP contribution in [-0.4, -0.2) is 22.6 Å². The minimum atomic E-state index is 0.999. The van der Waals surface area contributed by atoms with Crippen molar-refractivity contribution < 1.29 is 0 Å². The molecule has 0 unspecified atom stereocenters. The molecule has 0 saturated carbocycles. The summed E-state index contributed by atoms with van der Waals surface area (Å²) in [4.78, 5) is 0. The van der Waals surface area contributed by atoms with Crippen LogP contribution in [0.1, 0.15) is 18.4 Å². The normalized spacial score (nSPS) is 10.2. The third-order valence-electron chi connectivity index (χ3n) is 1.93. The predicted molar refractivity (Wildman–Crippen MR) is 59.3 cm³/mol. The number of nitrogens with one attached hydrogen (secondary N) is 1. The Bertz CT molecular complexity index is 211. The second-order valence-electron chi connectivity index (χ2n) is 3.09. The Morgan fingerprint density at radius 3 is 2.54 bits per heavy atom. The average molecular weight is 242 g/mol. The van der Waals surface area contributed by atoms with Crippen LogP contribution in [0.4, 0.5) is 0 Å². The van der Waals surface area contributed by atoms with E-state index in [4.69, 9.17) is 0 Å². The SMILES string of the molecule is [SeH]CCCCNCc1ccccc1. The molecule has 0 saturated heterocycles. The van der Waals surface area contributed by atoms with E-state index in [1.165, 1.54) is 23.7 Å². The summed E-state index contributed by atoms with van der Waals surface area (Å²) in [6, 6.07) is 10.5. The van der Waals surface area contributed by atoms with Crippen molar-refractivity contribution in [3.05, 3.63) is 35.9 Å².